The maximum Gasteiger partial charge on any atom is 0.252 e. The maximum absolute atomic E-state index is 14.0. The Labute approximate surface area is 128 Å². The Bertz CT molecular complexity index is 740. The summed E-state index contributed by atoms with van der Waals surface area (Å²) in [5, 5.41) is 10.5. The van der Waals surface area contributed by atoms with Gasteiger partial charge in [-0.2, -0.15) is 0 Å². The molecule has 1 unspecified atom stereocenters. The highest BCUT2D eigenvalue weighted by Gasteiger charge is 2.37. The summed E-state index contributed by atoms with van der Waals surface area (Å²) in [5.74, 6) is -0.708. The van der Waals surface area contributed by atoms with Crippen molar-refractivity contribution in [3.8, 4) is 0 Å². The molecular formula is C18H16FNO2. The number of nitrogens with zero attached hydrogens (tertiary/aromatic N) is 1. The summed E-state index contributed by atoms with van der Waals surface area (Å²) in [7, 11) is 0. The van der Waals surface area contributed by atoms with Crippen molar-refractivity contribution in [2.45, 2.75) is 19.7 Å². The molecule has 1 atom stereocenters. The summed E-state index contributed by atoms with van der Waals surface area (Å²) in [5.41, 5.74) is 1.92. The summed E-state index contributed by atoms with van der Waals surface area (Å²) >= 11 is 0. The lowest BCUT2D eigenvalue weighted by atomic mass is 10.0. The molecule has 0 fully saturated rings. The van der Waals surface area contributed by atoms with Crippen LogP contribution in [-0.4, -0.2) is 22.1 Å². The molecule has 0 bridgehead atoms. The van der Waals surface area contributed by atoms with Gasteiger partial charge >= 0.3 is 0 Å². The van der Waals surface area contributed by atoms with Gasteiger partial charge < -0.3 is 10.0 Å². The minimum Gasteiger partial charge on any atom is -0.369 e. The van der Waals surface area contributed by atoms with Crippen molar-refractivity contribution in [1.82, 2.24) is 4.90 Å². The van der Waals surface area contributed by atoms with Gasteiger partial charge in [-0.15, -0.1) is 0 Å². The second kappa shape index (κ2) is 5.73. The number of hydrogen-bond acceptors (Lipinski definition) is 2. The van der Waals surface area contributed by atoms with E-state index in [2.05, 4.69) is 0 Å². The molecule has 1 amide bonds. The minimum absolute atomic E-state index is 0.269. The Balaban J connectivity index is 1.94. The predicted molar refractivity (Wildman–Crippen MR) is 82.0 cm³/mol. The summed E-state index contributed by atoms with van der Waals surface area (Å²) < 4.78 is 14.0. The summed E-state index contributed by atoms with van der Waals surface area (Å²) in [6.07, 6.45) is -1.13. The van der Waals surface area contributed by atoms with Crippen LogP contribution in [0.4, 0.5) is 4.39 Å². The van der Waals surface area contributed by atoms with Crippen LogP contribution in [0.15, 0.2) is 60.2 Å². The van der Waals surface area contributed by atoms with E-state index in [0.717, 1.165) is 5.56 Å². The first-order valence-corrected chi connectivity index (χ1v) is 7.08. The molecule has 112 valence electrons. The summed E-state index contributed by atoms with van der Waals surface area (Å²) in [4.78, 5) is 13.8. The fourth-order valence-corrected chi connectivity index (χ4v) is 2.75. The number of carbonyl (C=O) groups excluding carboxylic acids is 1. The molecule has 1 aliphatic heterocycles. The molecule has 4 heteroatoms. The van der Waals surface area contributed by atoms with Gasteiger partial charge in [-0.1, -0.05) is 48.5 Å². The SMILES string of the molecule is CC1=C(c2ccccc2F)C(O)N(Cc2ccccc2)C1=O. The molecule has 22 heavy (non-hydrogen) atoms. The topological polar surface area (TPSA) is 40.5 Å². The number of aliphatic hydroxyl groups is 1. The van der Waals surface area contributed by atoms with Gasteiger partial charge in [-0.25, -0.2) is 4.39 Å². The highest BCUT2D eigenvalue weighted by Crippen LogP contribution is 2.34. The molecule has 0 aliphatic carbocycles. The van der Waals surface area contributed by atoms with Crippen LogP contribution in [-0.2, 0) is 11.3 Å². The average Bonchev–Trinajstić information content (AvgIpc) is 2.73. The lowest BCUT2D eigenvalue weighted by Gasteiger charge is -2.23. The summed E-state index contributed by atoms with van der Waals surface area (Å²) in [6.45, 7) is 1.91. The van der Waals surface area contributed by atoms with Gasteiger partial charge in [0.25, 0.3) is 5.91 Å². The number of amides is 1. The van der Waals surface area contributed by atoms with Gasteiger partial charge in [0.1, 0.15) is 5.82 Å². The number of rotatable bonds is 3. The predicted octanol–water partition coefficient (Wildman–Crippen LogP) is 2.96. The van der Waals surface area contributed by atoms with Crippen LogP contribution in [0.1, 0.15) is 18.1 Å². The molecule has 1 N–H and O–H groups in total. The average molecular weight is 297 g/mol. The zero-order valence-electron chi connectivity index (χ0n) is 12.2. The molecule has 3 nitrogen and oxygen atoms in total. The zero-order chi connectivity index (χ0) is 15.7. The first-order valence-electron chi connectivity index (χ1n) is 7.08. The van der Waals surface area contributed by atoms with E-state index in [4.69, 9.17) is 0 Å². The molecule has 0 radical (unpaired) electrons. The van der Waals surface area contributed by atoms with Crippen LogP contribution in [0.2, 0.25) is 0 Å². The van der Waals surface area contributed by atoms with Gasteiger partial charge in [-0.3, -0.25) is 4.79 Å². The molecule has 3 rings (SSSR count). The Morgan fingerprint density at radius 3 is 2.41 bits per heavy atom. The Kier molecular flexibility index (Phi) is 3.77. The smallest absolute Gasteiger partial charge is 0.252 e. The van der Waals surface area contributed by atoms with Crippen LogP contribution in [0.5, 0.6) is 0 Å². The number of aliphatic hydroxyl groups excluding tert-OH is 1. The van der Waals surface area contributed by atoms with E-state index in [1.165, 1.54) is 11.0 Å². The molecule has 2 aromatic rings. The van der Waals surface area contributed by atoms with E-state index < -0.39 is 12.0 Å². The molecule has 0 saturated carbocycles. The normalized spacial score (nSPS) is 18.2. The zero-order valence-corrected chi connectivity index (χ0v) is 12.2. The van der Waals surface area contributed by atoms with Crippen molar-refractivity contribution in [2.24, 2.45) is 0 Å². The van der Waals surface area contributed by atoms with Crippen molar-refractivity contribution in [2.75, 3.05) is 0 Å². The van der Waals surface area contributed by atoms with E-state index in [0.29, 0.717) is 11.1 Å². The third-order valence-corrected chi connectivity index (χ3v) is 3.90. The molecule has 1 aliphatic rings. The molecule has 1 heterocycles. The standard InChI is InChI=1S/C18H16FNO2/c1-12-16(14-9-5-6-10-15(14)19)18(22)20(17(12)21)11-13-7-3-2-4-8-13/h2-10,18,22H,11H2,1H3. The molecule has 0 saturated heterocycles. The number of halogens is 1. The molecule has 2 aromatic carbocycles. The number of hydrogen-bond donors (Lipinski definition) is 1. The van der Waals surface area contributed by atoms with E-state index in [1.807, 2.05) is 30.3 Å². The van der Waals surface area contributed by atoms with Crippen LogP contribution < -0.4 is 0 Å². The lowest BCUT2D eigenvalue weighted by molar-refractivity contribution is -0.132. The van der Waals surface area contributed by atoms with Crippen molar-refractivity contribution < 1.29 is 14.3 Å². The minimum atomic E-state index is -1.13. The Morgan fingerprint density at radius 1 is 1.09 bits per heavy atom. The fourth-order valence-electron chi connectivity index (χ4n) is 2.75. The summed E-state index contributed by atoms with van der Waals surface area (Å²) in [6, 6.07) is 15.6. The lowest BCUT2D eigenvalue weighted by Crippen LogP contribution is -2.34. The van der Waals surface area contributed by atoms with Crippen molar-refractivity contribution in [3.05, 3.63) is 77.1 Å². The van der Waals surface area contributed by atoms with Gasteiger partial charge in [0.15, 0.2) is 6.23 Å². The van der Waals surface area contributed by atoms with Crippen LogP contribution in [0.25, 0.3) is 5.57 Å². The van der Waals surface area contributed by atoms with Crippen molar-refractivity contribution >= 4 is 11.5 Å². The molecule has 0 spiro atoms. The van der Waals surface area contributed by atoms with Crippen molar-refractivity contribution in [3.63, 3.8) is 0 Å². The van der Waals surface area contributed by atoms with Gasteiger partial charge in [0.2, 0.25) is 0 Å². The third kappa shape index (κ3) is 2.42. The fraction of sp³-hybridized carbons (Fsp3) is 0.167. The quantitative estimate of drug-likeness (QED) is 0.946. The second-order valence-corrected chi connectivity index (χ2v) is 5.31. The highest BCUT2D eigenvalue weighted by atomic mass is 19.1. The van der Waals surface area contributed by atoms with E-state index >= 15 is 0 Å². The van der Waals surface area contributed by atoms with Gasteiger partial charge in [0.05, 0.1) is 0 Å². The molecule has 0 aromatic heterocycles. The first-order chi connectivity index (χ1) is 10.6. The monoisotopic (exact) mass is 297 g/mol. The van der Waals surface area contributed by atoms with Crippen molar-refractivity contribution in [1.29, 1.82) is 0 Å². The van der Waals surface area contributed by atoms with Crippen LogP contribution >= 0.6 is 0 Å². The third-order valence-electron chi connectivity index (χ3n) is 3.90. The second-order valence-electron chi connectivity index (χ2n) is 5.31. The van der Waals surface area contributed by atoms with E-state index in [-0.39, 0.29) is 18.0 Å². The number of carbonyl (C=O) groups is 1. The maximum atomic E-state index is 14.0. The molecular weight excluding hydrogens is 281 g/mol. The van der Waals surface area contributed by atoms with Gasteiger partial charge in [-0.05, 0) is 18.6 Å². The number of benzene rings is 2. The Morgan fingerprint density at radius 2 is 1.73 bits per heavy atom. The largest absolute Gasteiger partial charge is 0.369 e. The van der Waals surface area contributed by atoms with Crippen LogP contribution in [0.3, 0.4) is 0 Å². The Hall–Kier alpha value is -2.46. The van der Waals surface area contributed by atoms with Gasteiger partial charge in [0, 0.05) is 23.3 Å². The van der Waals surface area contributed by atoms with E-state index in [9.17, 15) is 14.3 Å². The highest BCUT2D eigenvalue weighted by molar-refractivity contribution is 6.06. The van der Waals surface area contributed by atoms with Crippen LogP contribution in [0, 0.1) is 5.82 Å². The first kappa shape index (κ1) is 14.5. The van der Waals surface area contributed by atoms with E-state index in [1.54, 1.807) is 25.1 Å².